The Morgan fingerprint density at radius 1 is 0.586 bits per heavy atom. The Balaban J connectivity index is 1.26. The van der Waals surface area contributed by atoms with Gasteiger partial charge in [0.2, 0.25) is 0 Å². The average molecular weight is 387 g/mol. The van der Waals surface area contributed by atoms with E-state index in [9.17, 15) is 4.79 Å². The first-order chi connectivity index (χ1) is 14.0. The van der Waals surface area contributed by atoms with Crippen molar-refractivity contribution < 1.29 is 4.79 Å². The van der Waals surface area contributed by atoms with Crippen LogP contribution < -0.4 is 0 Å². The Kier molecular flexibility index (Phi) is 1.79. The van der Waals surface area contributed by atoms with Crippen LogP contribution in [0.5, 0.6) is 0 Å². The lowest BCUT2D eigenvalue weighted by atomic mass is 9.07. The molecule has 1 heteroatoms. The molecule has 16 fully saturated rings. The standard InChI is InChI=1S/C28H34O/c1-11(29)25-5-17-16-8-26-7-15-13-2-12-3-14(15)20-24(26)22(18(16)6-25)28(9-25)10-27(20,4-12)19(13)23(26)21(17)28/h12-24H,2-10H2,1H3. The molecule has 0 heterocycles. The van der Waals surface area contributed by atoms with E-state index in [-0.39, 0.29) is 5.41 Å². The van der Waals surface area contributed by atoms with Crippen LogP contribution in [-0.2, 0) is 4.79 Å². The molecule has 0 aromatic carbocycles. The molecule has 16 aliphatic carbocycles. The van der Waals surface area contributed by atoms with Crippen LogP contribution in [0.1, 0.15) is 64.7 Å². The van der Waals surface area contributed by atoms with Gasteiger partial charge in [-0.2, -0.15) is 0 Å². The quantitative estimate of drug-likeness (QED) is 0.606. The van der Waals surface area contributed by atoms with Gasteiger partial charge in [-0.3, -0.25) is 4.79 Å². The predicted octanol–water partition coefficient (Wildman–Crippen LogP) is 5.19. The van der Waals surface area contributed by atoms with Gasteiger partial charge >= 0.3 is 0 Å². The molecule has 0 aromatic rings. The lowest BCUT2D eigenvalue weighted by Crippen LogP contribution is -2.92. The lowest BCUT2D eigenvalue weighted by Gasteiger charge is -2.97. The zero-order valence-corrected chi connectivity index (χ0v) is 17.8. The molecule has 0 aromatic heterocycles. The van der Waals surface area contributed by atoms with E-state index in [4.69, 9.17) is 0 Å². The Bertz CT molecular complexity index is 927. The molecule has 0 amide bonds. The van der Waals surface area contributed by atoms with Crippen molar-refractivity contribution in [2.45, 2.75) is 64.7 Å². The number of carbonyl (C=O) groups excluding carboxylic acids is 1. The second-order valence-electron chi connectivity index (χ2n) is 15.4. The maximum absolute atomic E-state index is 13.1. The van der Waals surface area contributed by atoms with Crippen LogP contribution in [0.15, 0.2) is 0 Å². The summed E-state index contributed by atoms with van der Waals surface area (Å²) in [6.07, 6.45) is 14.0. The molecule has 3 spiro atoms. The van der Waals surface area contributed by atoms with Crippen molar-refractivity contribution in [3.05, 3.63) is 0 Å². The van der Waals surface area contributed by atoms with Gasteiger partial charge < -0.3 is 0 Å². The summed E-state index contributed by atoms with van der Waals surface area (Å²) in [6.45, 7) is 2.00. The fourth-order valence-electron chi connectivity index (χ4n) is 17.2. The summed E-state index contributed by atoms with van der Waals surface area (Å²) >= 11 is 0. The summed E-state index contributed by atoms with van der Waals surface area (Å²) in [7, 11) is 0. The number of Topliss-reactive ketones (excluding diaryl/α,β-unsaturated/α-hetero) is 1. The zero-order valence-electron chi connectivity index (χ0n) is 17.8. The minimum Gasteiger partial charge on any atom is -0.299 e. The van der Waals surface area contributed by atoms with E-state index < -0.39 is 0 Å². The van der Waals surface area contributed by atoms with Crippen molar-refractivity contribution >= 4 is 5.78 Å². The molecule has 16 saturated carbocycles. The van der Waals surface area contributed by atoms with Gasteiger partial charge in [-0.25, -0.2) is 0 Å². The molecule has 10 unspecified atom stereocenters. The summed E-state index contributed by atoms with van der Waals surface area (Å²) < 4.78 is 0. The molecule has 16 rings (SSSR count). The third kappa shape index (κ3) is 1.01. The number of hydrogen-bond acceptors (Lipinski definition) is 1. The van der Waals surface area contributed by atoms with Gasteiger partial charge in [-0.1, -0.05) is 0 Å². The molecule has 1 nitrogen and oxygen atoms in total. The topological polar surface area (TPSA) is 17.1 Å². The molecule has 0 saturated heterocycles. The van der Waals surface area contributed by atoms with Crippen molar-refractivity contribution in [2.75, 3.05) is 0 Å². The van der Waals surface area contributed by atoms with E-state index in [1.165, 1.54) is 37.0 Å². The van der Waals surface area contributed by atoms with Crippen LogP contribution in [0.4, 0.5) is 0 Å². The minimum absolute atomic E-state index is 0.139. The van der Waals surface area contributed by atoms with Gasteiger partial charge in [-0.05, 0) is 158 Å². The van der Waals surface area contributed by atoms with Gasteiger partial charge in [0.25, 0.3) is 0 Å². The first-order valence-corrected chi connectivity index (χ1v) is 13.5. The molecule has 16 aliphatic rings. The molecule has 0 aliphatic heterocycles. The van der Waals surface area contributed by atoms with Crippen molar-refractivity contribution in [2.24, 2.45) is 98.6 Å². The fraction of sp³-hybridized carbons (Fsp3) is 0.964. The highest BCUT2D eigenvalue weighted by atomic mass is 16.1. The number of rotatable bonds is 1. The van der Waals surface area contributed by atoms with Crippen LogP contribution in [-0.4, -0.2) is 5.78 Å². The number of carbonyl (C=O) groups is 1. The second-order valence-corrected chi connectivity index (χ2v) is 15.4. The van der Waals surface area contributed by atoms with Crippen LogP contribution in [0.3, 0.4) is 0 Å². The van der Waals surface area contributed by atoms with Crippen molar-refractivity contribution in [1.82, 2.24) is 0 Å². The molecule has 0 N–H and O–H groups in total. The van der Waals surface area contributed by atoms with Crippen LogP contribution in [0.25, 0.3) is 0 Å². The van der Waals surface area contributed by atoms with E-state index in [1.54, 1.807) is 38.5 Å². The summed E-state index contributed by atoms with van der Waals surface area (Å²) in [6, 6.07) is 0. The first-order valence-electron chi connectivity index (χ1n) is 13.5. The second kappa shape index (κ2) is 3.53. The Hall–Kier alpha value is -0.330. The van der Waals surface area contributed by atoms with Crippen molar-refractivity contribution in [1.29, 1.82) is 0 Å². The highest BCUT2D eigenvalue weighted by Gasteiger charge is 2.93. The smallest absolute Gasteiger partial charge is 0.136 e. The summed E-state index contributed by atoms with van der Waals surface area (Å²) in [5.74, 6) is 15.0. The van der Waals surface area contributed by atoms with Crippen LogP contribution >= 0.6 is 0 Å². The SMILES string of the molecule is CC(=O)C12CC3C4CC56CC7C8CC9CC7C7C5C(C4C1)C1(C2)CC7(C9)C8C6C31. The number of hydrogen-bond donors (Lipinski definition) is 0. The average Bonchev–Trinajstić information content (AvgIpc) is 2.68. The summed E-state index contributed by atoms with van der Waals surface area (Å²) in [4.78, 5) is 13.1. The van der Waals surface area contributed by atoms with E-state index >= 15 is 0 Å². The molecule has 152 valence electrons. The van der Waals surface area contributed by atoms with Gasteiger partial charge in [0, 0.05) is 5.41 Å². The van der Waals surface area contributed by atoms with Crippen LogP contribution in [0, 0.1) is 98.6 Å². The fourth-order valence-corrected chi connectivity index (χ4v) is 17.2. The zero-order chi connectivity index (χ0) is 18.4. The maximum Gasteiger partial charge on any atom is 0.136 e. The van der Waals surface area contributed by atoms with Crippen LogP contribution in [0.2, 0.25) is 0 Å². The van der Waals surface area contributed by atoms with E-state index in [1.807, 2.05) is 6.92 Å². The summed E-state index contributed by atoms with van der Waals surface area (Å²) in [5, 5.41) is 0. The number of ketones is 1. The lowest BCUT2D eigenvalue weighted by molar-refractivity contribution is -0.490. The van der Waals surface area contributed by atoms with Crippen molar-refractivity contribution in [3.63, 3.8) is 0 Å². The molecular weight excluding hydrogens is 352 g/mol. The first kappa shape index (κ1) is 14.7. The van der Waals surface area contributed by atoms with Gasteiger partial charge in [0.05, 0.1) is 0 Å². The van der Waals surface area contributed by atoms with Gasteiger partial charge in [0.15, 0.2) is 0 Å². The molecule has 29 heavy (non-hydrogen) atoms. The Labute approximate surface area is 174 Å². The minimum atomic E-state index is 0.139. The monoisotopic (exact) mass is 386 g/mol. The largest absolute Gasteiger partial charge is 0.299 e. The summed E-state index contributed by atoms with van der Waals surface area (Å²) in [5.41, 5.74) is 2.40. The highest BCUT2D eigenvalue weighted by Crippen LogP contribution is 2.98. The Morgan fingerprint density at radius 2 is 1.17 bits per heavy atom. The van der Waals surface area contributed by atoms with Crippen molar-refractivity contribution in [3.8, 4) is 0 Å². The normalized spacial score (nSPS) is 83.1. The molecule has 10 atom stereocenters. The maximum atomic E-state index is 13.1. The van der Waals surface area contributed by atoms with Gasteiger partial charge in [0.1, 0.15) is 5.78 Å². The molecular formula is C28H34O. The van der Waals surface area contributed by atoms with Gasteiger partial charge in [-0.15, -0.1) is 0 Å². The molecule has 17 bridgehead atoms. The third-order valence-corrected chi connectivity index (χ3v) is 16.0. The van der Waals surface area contributed by atoms with E-state index in [0.717, 1.165) is 70.0 Å². The van der Waals surface area contributed by atoms with E-state index in [0.29, 0.717) is 11.2 Å². The highest BCUT2D eigenvalue weighted by molar-refractivity contribution is 5.83. The Morgan fingerprint density at radius 3 is 1.79 bits per heavy atom. The molecule has 0 radical (unpaired) electrons. The predicted molar refractivity (Wildman–Crippen MR) is 107 cm³/mol. The third-order valence-electron chi connectivity index (χ3n) is 16.0. The van der Waals surface area contributed by atoms with E-state index in [2.05, 4.69) is 0 Å².